The number of piperazine rings is 1. The number of carbonyl (C=O) groups excluding carboxylic acids is 1. The molecule has 1 saturated heterocycles. The highest BCUT2D eigenvalue weighted by atomic mass is 16.5. The maximum atomic E-state index is 11.1. The maximum Gasteiger partial charge on any atom is 0.330 e. The van der Waals surface area contributed by atoms with E-state index >= 15 is 0 Å². The number of ether oxygens (including phenoxy) is 1. The van der Waals surface area contributed by atoms with E-state index in [1.165, 1.54) is 18.7 Å². The van der Waals surface area contributed by atoms with Gasteiger partial charge in [-0.1, -0.05) is 24.3 Å². The average molecular weight is 288 g/mol. The first-order chi connectivity index (χ1) is 10.1. The van der Waals surface area contributed by atoms with E-state index in [4.69, 9.17) is 0 Å². The smallest absolute Gasteiger partial charge is 0.330 e. The molecule has 4 nitrogen and oxygen atoms in total. The number of esters is 1. The van der Waals surface area contributed by atoms with Crippen molar-refractivity contribution in [3.63, 3.8) is 0 Å². The Kier molecular flexibility index (Phi) is 5.53. The molecule has 1 heterocycles. The summed E-state index contributed by atoms with van der Waals surface area (Å²) in [5.41, 5.74) is 2.30. The van der Waals surface area contributed by atoms with E-state index in [-0.39, 0.29) is 5.97 Å². The van der Waals surface area contributed by atoms with Gasteiger partial charge in [-0.2, -0.15) is 0 Å². The van der Waals surface area contributed by atoms with Crippen LogP contribution >= 0.6 is 0 Å². The third-order valence-electron chi connectivity index (χ3n) is 3.97. The molecule has 114 valence electrons. The zero-order valence-electron chi connectivity index (χ0n) is 13.0. The molecule has 0 amide bonds. The zero-order valence-corrected chi connectivity index (χ0v) is 13.0. The topological polar surface area (TPSA) is 41.6 Å². The lowest BCUT2D eigenvalue weighted by atomic mass is 10.1. The Morgan fingerprint density at radius 2 is 1.90 bits per heavy atom. The Hall–Kier alpha value is -1.65. The molecular weight excluding hydrogens is 264 g/mol. The Morgan fingerprint density at radius 1 is 1.29 bits per heavy atom. The van der Waals surface area contributed by atoms with E-state index in [1.807, 2.05) is 12.1 Å². The minimum atomic E-state index is -0.331. The summed E-state index contributed by atoms with van der Waals surface area (Å²) in [5, 5.41) is 3.45. The van der Waals surface area contributed by atoms with Crippen LogP contribution in [0.3, 0.4) is 0 Å². The first kappa shape index (κ1) is 15.7. The van der Waals surface area contributed by atoms with Gasteiger partial charge in [-0.25, -0.2) is 4.79 Å². The molecule has 0 radical (unpaired) electrons. The summed E-state index contributed by atoms with van der Waals surface area (Å²) >= 11 is 0. The second kappa shape index (κ2) is 7.38. The lowest BCUT2D eigenvalue weighted by Crippen LogP contribution is -2.54. The molecule has 1 fully saturated rings. The van der Waals surface area contributed by atoms with Crippen molar-refractivity contribution in [2.75, 3.05) is 20.2 Å². The minimum Gasteiger partial charge on any atom is -0.466 e. The number of carbonyl (C=O) groups is 1. The van der Waals surface area contributed by atoms with Gasteiger partial charge in [0.1, 0.15) is 0 Å². The summed E-state index contributed by atoms with van der Waals surface area (Å²) in [5.74, 6) is -0.331. The van der Waals surface area contributed by atoms with E-state index in [2.05, 4.69) is 40.9 Å². The van der Waals surface area contributed by atoms with E-state index in [1.54, 1.807) is 6.08 Å². The molecule has 2 atom stereocenters. The molecule has 1 aromatic carbocycles. The van der Waals surface area contributed by atoms with Crippen LogP contribution in [0.15, 0.2) is 30.3 Å². The predicted octanol–water partition coefficient (Wildman–Crippen LogP) is 2.05. The summed E-state index contributed by atoms with van der Waals surface area (Å²) in [6.45, 7) is 7.58. The minimum absolute atomic E-state index is 0.331. The number of hydrogen-bond acceptors (Lipinski definition) is 4. The van der Waals surface area contributed by atoms with E-state index in [9.17, 15) is 4.79 Å². The molecule has 0 saturated carbocycles. The number of benzene rings is 1. The van der Waals surface area contributed by atoms with Gasteiger partial charge < -0.3 is 10.1 Å². The van der Waals surface area contributed by atoms with Crippen LogP contribution < -0.4 is 5.32 Å². The van der Waals surface area contributed by atoms with Crippen molar-refractivity contribution >= 4 is 12.0 Å². The third kappa shape index (κ3) is 4.41. The molecule has 1 aromatic rings. The van der Waals surface area contributed by atoms with Gasteiger partial charge in [0, 0.05) is 37.8 Å². The largest absolute Gasteiger partial charge is 0.466 e. The van der Waals surface area contributed by atoms with Gasteiger partial charge in [-0.15, -0.1) is 0 Å². The van der Waals surface area contributed by atoms with Crippen LogP contribution in [-0.2, 0) is 16.1 Å². The molecule has 0 aromatic heterocycles. The fourth-order valence-electron chi connectivity index (χ4n) is 2.66. The number of methoxy groups -OCH3 is 1. The molecular formula is C17H24N2O2. The molecule has 1 aliphatic rings. The van der Waals surface area contributed by atoms with E-state index in [0.717, 1.165) is 25.2 Å². The fourth-order valence-corrected chi connectivity index (χ4v) is 2.66. The monoisotopic (exact) mass is 288 g/mol. The first-order valence-electron chi connectivity index (χ1n) is 7.41. The lowest BCUT2D eigenvalue weighted by molar-refractivity contribution is -0.134. The standard InChI is InChI=1S/C17H24N2O2/c1-13-10-18-11-14(2)19(13)12-16-6-4-15(5-7-16)8-9-17(20)21-3/h4-9,13-14,18H,10-12H2,1-3H3/t13-,14+. The van der Waals surface area contributed by atoms with Crippen LogP contribution in [0.2, 0.25) is 0 Å². The van der Waals surface area contributed by atoms with Crippen molar-refractivity contribution in [1.82, 2.24) is 10.2 Å². The number of nitrogens with one attached hydrogen (secondary N) is 1. The van der Waals surface area contributed by atoms with Crippen molar-refractivity contribution in [2.24, 2.45) is 0 Å². The van der Waals surface area contributed by atoms with Gasteiger partial charge >= 0.3 is 5.97 Å². The van der Waals surface area contributed by atoms with Crippen LogP contribution in [0.25, 0.3) is 6.08 Å². The Morgan fingerprint density at radius 3 is 2.48 bits per heavy atom. The summed E-state index contributed by atoms with van der Waals surface area (Å²) in [6, 6.07) is 9.41. The number of rotatable bonds is 4. The van der Waals surface area contributed by atoms with Gasteiger partial charge in [-0.3, -0.25) is 4.90 Å². The van der Waals surface area contributed by atoms with Crippen LogP contribution in [0.1, 0.15) is 25.0 Å². The van der Waals surface area contributed by atoms with Gasteiger partial charge in [0.15, 0.2) is 0 Å². The van der Waals surface area contributed by atoms with Crippen LogP contribution in [0.4, 0.5) is 0 Å². The number of hydrogen-bond donors (Lipinski definition) is 1. The average Bonchev–Trinajstić information content (AvgIpc) is 2.50. The quantitative estimate of drug-likeness (QED) is 0.680. The summed E-state index contributed by atoms with van der Waals surface area (Å²) in [6.07, 6.45) is 3.21. The highest BCUT2D eigenvalue weighted by molar-refractivity contribution is 5.86. The van der Waals surface area contributed by atoms with Gasteiger partial charge in [0.05, 0.1) is 7.11 Å². The predicted molar refractivity (Wildman–Crippen MR) is 84.8 cm³/mol. The second-order valence-electron chi connectivity index (χ2n) is 5.63. The van der Waals surface area contributed by atoms with Gasteiger partial charge in [0.25, 0.3) is 0 Å². The highest BCUT2D eigenvalue weighted by Gasteiger charge is 2.23. The third-order valence-corrected chi connectivity index (χ3v) is 3.97. The zero-order chi connectivity index (χ0) is 15.2. The van der Waals surface area contributed by atoms with Crippen LogP contribution in [-0.4, -0.2) is 43.2 Å². The lowest BCUT2D eigenvalue weighted by Gasteiger charge is -2.39. The normalized spacial score (nSPS) is 23.4. The molecule has 21 heavy (non-hydrogen) atoms. The molecule has 0 aliphatic carbocycles. The maximum absolute atomic E-state index is 11.1. The number of nitrogens with zero attached hydrogens (tertiary/aromatic N) is 1. The summed E-state index contributed by atoms with van der Waals surface area (Å²) < 4.78 is 4.58. The van der Waals surface area contributed by atoms with Crippen molar-refractivity contribution < 1.29 is 9.53 Å². The second-order valence-corrected chi connectivity index (χ2v) is 5.63. The molecule has 0 unspecified atom stereocenters. The van der Waals surface area contributed by atoms with Crippen LogP contribution in [0, 0.1) is 0 Å². The fraction of sp³-hybridized carbons (Fsp3) is 0.471. The van der Waals surface area contributed by atoms with Crippen LogP contribution in [0.5, 0.6) is 0 Å². The molecule has 4 heteroatoms. The highest BCUT2D eigenvalue weighted by Crippen LogP contribution is 2.15. The molecule has 1 aliphatic heterocycles. The van der Waals surface area contributed by atoms with Crippen molar-refractivity contribution in [1.29, 1.82) is 0 Å². The van der Waals surface area contributed by atoms with Gasteiger partial charge in [-0.05, 0) is 31.1 Å². The Balaban J connectivity index is 1.98. The Bertz CT molecular complexity index is 486. The van der Waals surface area contributed by atoms with Crippen molar-refractivity contribution in [2.45, 2.75) is 32.5 Å². The van der Waals surface area contributed by atoms with E-state index < -0.39 is 0 Å². The van der Waals surface area contributed by atoms with Crippen molar-refractivity contribution in [3.8, 4) is 0 Å². The summed E-state index contributed by atoms with van der Waals surface area (Å²) in [4.78, 5) is 13.6. The first-order valence-corrected chi connectivity index (χ1v) is 7.41. The molecule has 1 N–H and O–H groups in total. The Labute approximate surface area is 126 Å². The molecule has 0 bridgehead atoms. The molecule has 2 rings (SSSR count). The van der Waals surface area contributed by atoms with Crippen molar-refractivity contribution in [3.05, 3.63) is 41.5 Å². The molecule has 0 spiro atoms. The van der Waals surface area contributed by atoms with E-state index in [0.29, 0.717) is 12.1 Å². The van der Waals surface area contributed by atoms with Gasteiger partial charge in [0.2, 0.25) is 0 Å². The SMILES string of the molecule is COC(=O)C=Cc1ccc(CN2[C@H](C)CNC[C@@H]2C)cc1. The summed E-state index contributed by atoms with van der Waals surface area (Å²) in [7, 11) is 1.38.